The molecule has 0 aliphatic heterocycles. The molecule has 0 atom stereocenters. The molecular weight excluding hydrogens is 338 g/mol. The topological polar surface area (TPSA) is 77.8 Å². The summed E-state index contributed by atoms with van der Waals surface area (Å²) in [4.78, 5) is 16.4. The molecule has 0 saturated carbocycles. The Balaban J connectivity index is 1.74. The lowest BCUT2D eigenvalue weighted by Crippen LogP contribution is -2.12. The highest BCUT2D eigenvalue weighted by atomic mass is 19.2. The zero-order valence-corrected chi connectivity index (χ0v) is 13.3. The fourth-order valence-corrected chi connectivity index (χ4v) is 2.19. The number of hydrogen-bond donors (Lipinski definition) is 2. The van der Waals surface area contributed by atoms with Crippen molar-refractivity contribution >= 4 is 23.1 Å². The average molecular weight is 350 g/mol. The van der Waals surface area contributed by atoms with E-state index >= 15 is 0 Å². The maximum atomic E-state index is 13.3. The van der Waals surface area contributed by atoms with Crippen molar-refractivity contribution in [2.75, 3.05) is 10.6 Å². The van der Waals surface area contributed by atoms with E-state index in [0.29, 0.717) is 28.3 Å². The van der Waals surface area contributed by atoms with Crippen molar-refractivity contribution in [3.63, 3.8) is 0 Å². The first-order valence-corrected chi connectivity index (χ1v) is 7.55. The molecule has 1 amide bonds. The molecule has 0 unspecified atom stereocenters. The lowest BCUT2D eigenvalue weighted by Gasteiger charge is -2.09. The van der Waals surface area contributed by atoms with E-state index in [1.807, 2.05) is 6.07 Å². The third-order valence-corrected chi connectivity index (χ3v) is 3.49. The summed E-state index contributed by atoms with van der Waals surface area (Å²) in [6.45, 7) is 0. The Morgan fingerprint density at radius 2 is 1.69 bits per heavy atom. The van der Waals surface area contributed by atoms with Crippen LogP contribution in [0.3, 0.4) is 0 Å². The van der Waals surface area contributed by atoms with Crippen LogP contribution in [0.2, 0.25) is 0 Å². The van der Waals surface area contributed by atoms with Crippen molar-refractivity contribution in [1.29, 1.82) is 5.26 Å². The monoisotopic (exact) mass is 350 g/mol. The van der Waals surface area contributed by atoms with Gasteiger partial charge < -0.3 is 10.6 Å². The van der Waals surface area contributed by atoms with Gasteiger partial charge in [0.1, 0.15) is 5.82 Å². The van der Waals surface area contributed by atoms with Crippen molar-refractivity contribution in [2.45, 2.75) is 0 Å². The molecule has 26 heavy (non-hydrogen) atoms. The van der Waals surface area contributed by atoms with Gasteiger partial charge in [0.2, 0.25) is 0 Å². The van der Waals surface area contributed by atoms with E-state index in [0.717, 1.165) is 12.1 Å². The Labute approximate surface area is 147 Å². The Morgan fingerprint density at radius 1 is 0.962 bits per heavy atom. The minimum atomic E-state index is -0.982. The van der Waals surface area contributed by atoms with Crippen molar-refractivity contribution in [3.05, 3.63) is 83.6 Å². The number of carbonyl (C=O) groups is 1. The van der Waals surface area contributed by atoms with Crippen LogP contribution in [0.4, 0.5) is 26.0 Å². The van der Waals surface area contributed by atoms with Crippen LogP contribution in [0.15, 0.2) is 60.8 Å². The predicted octanol–water partition coefficient (Wildman–Crippen LogP) is 4.23. The first kappa shape index (κ1) is 17.0. The van der Waals surface area contributed by atoms with E-state index in [1.165, 1.54) is 24.4 Å². The molecule has 3 rings (SSSR count). The minimum Gasteiger partial charge on any atom is -0.340 e. The van der Waals surface area contributed by atoms with Crippen LogP contribution in [0.25, 0.3) is 0 Å². The number of rotatable bonds is 4. The van der Waals surface area contributed by atoms with Gasteiger partial charge in [-0.05, 0) is 48.5 Å². The molecule has 0 fully saturated rings. The van der Waals surface area contributed by atoms with E-state index in [1.54, 1.807) is 24.3 Å². The zero-order chi connectivity index (χ0) is 18.5. The van der Waals surface area contributed by atoms with Gasteiger partial charge in [0, 0.05) is 29.2 Å². The van der Waals surface area contributed by atoms with Crippen LogP contribution in [-0.4, -0.2) is 10.9 Å². The van der Waals surface area contributed by atoms with Gasteiger partial charge in [-0.3, -0.25) is 4.79 Å². The van der Waals surface area contributed by atoms with Gasteiger partial charge in [0.25, 0.3) is 5.91 Å². The van der Waals surface area contributed by atoms with Gasteiger partial charge in [0.15, 0.2) is 11.6 Å². The highest BCUT2D eigenvalue weighted by molar-refractivity contribution is 6.04. The summed E-state index contributed by atoms with van der Waals surface area (Å²) in [5.41, 5.74) is 1.67. The highest BCUT2D eigenvalue weighted by Gasteiger charge is 2.09. The van der Waals surface area contributed by atoms with E-state index in [2.05, 4.69) is 15.6 Å². The van der Waals surface area contributed by atoms with E-state index in [9.17, 15) is 13.6 Å². The second-order valence-corrected chi connectivity index (χ2v) is 5.33. The van der Waals surface area contributed by atoms with Gasteiger partial charge in [0.05, 0.1) is 11.6 Å². The molecule has 2 aromatic carbocycles. The second kappa shape index (κ2) is 7.40. The summed E-state index contributed by atoms with van der Waals surface area (Å²) in [7, 11) is 0. The number of anilines is 3. The quantitative estimate of drug-likeness (QED) is 0.738. The summed E-state index contributed by atoms with van der Waals surface area (Å²) in [6, 6.07) is 14.8. The normalized spacial score (nSPS) is 10.0. The maximum Gasteiger partial charge on any atom is 0.255 e. The van der Waals surface area contributed by atoms with Crippen LogP contribution in [0, 0.1) is 23.0 Å². The smallest absolute Gasteiger partial charge is 0.255 e. The molecule has 0 aliphatic rings. The molecule has 128 valence electrons. The van der Waals surface area contributed by atoms with Gasteiger partial charge in [-0.15, -0.1) is 0 Å². The number of hydrogen-bond acceptors (Lipinski definition) is 4. The summed E-state index contributed by atoms with van der Waals surface area (Å²) >= 11 is 0. The molecule has 0 bridgehead atoms. The molecule has 0 radical (unpaired) electrons. The van der Waals surface area contributed by atoms with Crippen molar-refractivity contribution < 1.29 is 13.6 Å². The van der Waals surface area contributed by atoms with Gasteiger partial charge in [-0.1, -0.05) is 0 Å². The Morgan fingerprint density at radius 3 is 2.38 bits per heavy atom. The van der Waals surface area contributed by atoms with Crippen molar-refractivity contribution in [1.82, 2.24) is 4.98 Å². The molecule has 3 aromatic rings. The first-order chi connectivity index (χ1) is 12.5. The number of benzene rings is 2. The fourth-order valence-electron chi connectivity index (χ4n) is 2.19. The third-order valence-electron chi connectivity index (χ3n) is 3.49. The molecular formula is C19H12F2N4O. The molecule has 2 N–H and O–H groups in total. The Kier molecular flexibility index (Phi) is 4.85. The third kappa shape index (κ3) is 3.99. The largest absolute Gasteiger partial charge is 0.340 e. The number of nitrogens with zero attached hydrogens (tertiary/aromatic N) is 2. The maximum absolute atomic E-state index is 13.3. The van der Waals surface area contributed by atoms with Gasteiger partial charge in [-0.2, -0.15) is 5.26 Å². The number of aromatic nitrogens is 1. The van der Waals surface area contributed by atoms with Crippen molar-refractivity contribution in [3.8, 4) is 6.07 Å². The van der Waals surface area contributed by atoms with E-state index in [-0.39, 0.29) is 5.91 Å². The summed E-state index contributed by atoms with van der Waals surface area (Å²) in [5.74, 6) is -1.99. The minimum absolute atomic E-state index is 0.307. The SMILES string of the molecule is N#Cc1ccc(NC(=O)c2ccnc(Nc3ccc(F)c(F)c3)c2)cc1. The number of nitriles is 1. The first-order valence-electron chi connectivity index (χ1n) is 7.55. The van der Waals surface area contributed by atoms with Crippen molar-refractivity contribution in [2.24, 2.45) is 0 Å². The number of halogens is 2. The van der Waals surface area contributed by atoms with Crippen LogP contribution < -0.4 is 10.6 Å². The fraction of sp³-hybridized carbons (Fsp3) is 0. The molecule has 0 saturated heterocycles. The molecule has 0 spiro atoms. The molecule has 5 nitrogen and oxygen atoms in total. The average Bonchev–Trinajstić information content (AvgIpc) is 2.65. The van der Waals surface area contributed by atoms with Crippen LogP contribution in [-0.2, 0) is 0 Å². The van der Waals surface area contributed by atoms with Gasteiger partial charge >= 0.3 is 0 Å². The lowest BCUT2D eigenvalue weighted by molar-refractivity contribution is 0.102. The number of amides is 1. The Bertz CT molecular complexity index is 997. The molecule has 0 aliphatic carbocycles. The van der Waals surface area contributed by atoms with Crippen LogP contribution in [0.5, 0.6) is 0 Å². The highest BCUT2D eigenvalue weighted by Crippen LogP contribution is 2.19. The number of carbonyl (C=O) groups excluding carboxylic acids is 1. The van der Waals surface area contributed by atoms with Crippen LogP contribution >= 0.6 is 0 Å². The zero-order valence-electron chi connectivity index (χ0n) is 13.3. The van der Waals surface area contributed by atoms with Gasteiger partial charge in [-0.25, -0.2) is 13.8 Å². The molecule has 1 aromatic heterocycles. The summed E-state index contributed by atoms with van der Waals surface area (Å²) in [5, 5.41) is 14.3. The van der Waals surface area contributed by atoms with E-state index < -0.39 is 11.6 Å². The summed E-state index contributed by atoms with van der Waals surface area (Å²) < 4.78 is 26.2. The Hall–Kier alpha value is -3.79. The molecule has 7 heteroatoms. The summed E-state index contributed by atoms with van der Waals surface area (Å²) in [6.07, 6.45) is 1.43. The number of pyridine rings is 1. The second-order valence-electron chi connectivity index (χ2n) is 5.33. The molecule has 1 heterocycles. The standard InChI is InChI=1S/C19H12F2N4O/c20-16-6-5-15(10-17(16)21)24-18-9-13(7-8-23-18)19(26)25-14-3-1-12(11-22)2-4-14/h1-10H,(H,23,24)(H,25,26). The van der Waals surface area contributed by atoms with Crippen LogP contribution in [0.1, 0.15) is 15.9 Å². The predicted molar refractivity (Wildman–Crippen MR) is 93.0 cm³/mol. The van der Waals surface area contributed by atoms with E-state index in [4.69, 9.17) is 5.26 Å². The number of nitrogens with one attached hydrogen (secondary N) is 2. The lowest BCUT2D eigenvalue weighted by atomic mass is 10.2.